The Hall–Kier alpha value is -2.87. The summed E-state index contributed by atoms with van der Waals surface area (Å²) >= 11 is 0. The fourth-order valence-corrected chi connectivity index (χ4v) is 5.63. The molecule has 0 saturated carbocycles. The number of hydrogen-bond acceptors (Lipinski definition) is 5. The van der Waals surface area contributed by atoms with Crippen molar-refractivity contribution in [3.05, 3.63) is 47.5 Å². The summed E-state index contributed by atoms with van der Waals surface area (Å²) in [6, 6.07) is 10.8. The second kappa shape index (κ2) is 7.87. The van der Waals surface area contributed by atoms with Crippen LogP contribution in [-0.2, 0) is 11.2 Å². The Labute approximate surface area is 190 Å². The molecular weight excluding hydrogens is 430 g/mol. The molecule has 4 aliphatic heterocycles. The molecule has 174 valence electrons. The van der Waals surface area contributed by atoms with Crippen LogP contribution in [0.15, 0.2) is 36.4 Å². The Morgan fingerprint density at radius 1 is 1.03 bits per heavy atom. The molecule has 2 aromatic carbocycles. The molecule has 0 aromatic heterocycles. The zero-order chi connectivity index (χ0) is 22.6. The van der Waals surface area contributed by atoms with Gasteiger partial charge >= 0.3 is 12.4 Å². The number of piperidine rings is 3. The van der Waals surface area contributed by atoms with Crippen LogP contribution in [0.25, 0.3) is 11.1 Å². The SMILES string of the molecule is O=C(NC1CCCc2cc(-c3ccc4c(c3)OC(F)(F)O4)ccc21)O[C@H]1CN2CCC1CC2. The number of halogens is 2. The number of nitrogens with one attached hydrogen (secondary N) is 1. The fourth-order valence-electron chi connectivity index (χ4n) is 5.63. The molecule has 0 radical (unpaired) electrons. The van der Waals surface area contributed by atoms with Crippen molar-refractivity contribution in [3.8, 4) is 22.6 Å². The van der Waals surface area contributed by atoms with Crippen LogP contribution in [0.4, 0.5) is 13.6 Å². The molecule has 5 aliphatic rings. The lowest BCUT2D eigenvalue weighted by atomic mass is 9.85. The normalized spacial score (nSPS) is 28.8. The Balaban J connectivity index is 1.16. The lowest BCUT2D eigenvalue weighted by molar-refractivity contribution is -0.286. The second-order valence-electron chi connectivity index (χ2n) is 9.41. The van der Waals surface area contributed by atoms with Crippen molar-refractivity contribution in [2.45, 2.75) is 50.5 Å². The maximum atomic E-state index is 13.3. The molecular formula is C25H26F2N2O4. The molecule has 3 fully saturated rings. The predicted octanol–water partition coefficient (Wildman–Crippen LogP) is 4.87. The number of fused-ring (bicyclic) bond motifs is 5. The summed E-state index contributed by atoms with van der Waals surface area (Å²) in [5.41, 5.74) is 3.92. The highest BCUT2D eigenvalue weighted by molar-refractivity contribution is 5.70. The van der Waals surface area contributed by atoms with Gasteiger partial charge in [0.15, 0.2) is 11.5 Å². The molecule has 33 heavy (non-hydrogen) atoms. The van der Waals surface area contributed by atoms with Gasteiger partial charge in [0, 0.05) is 6.54 Å². The van der Waals surface area contributed by atoms with Gasteiger partial charge in [0.1, 0.15) is 6.10 Å². The van der Waals surface area contributed by atoms with Crippen LogP contribution in [0.2, 0.25) is 0 Å². The summed E-state index contributed by atoms with van der Waals surface area (Å²) in [7, 11) is 0. The smallest absolute Gasteiger partial charge is 0.445 e. The average Bonchev–Trinajstić information content (AvgIpc) is 3.12. The van der Waals surface area contributed by atoms with E-state index in [1.165, 1.54) is 6.07 Å². The van der Waals surface area contributed by atoms with Gasteiger partial charge in [-0.2, -0.15) is 0 Å². The van der Waals surface area contributed by atoms with Crippen molar-refractivity contribution >= 4 is 6.09 Å². The van der Waals surface area contributed by atoms with E-state index in [0.717, 1.165) is 74.0 Å². The highest BCUT2D eigenvalue weighted by Crippen LogP contribution is 2.43. The number of carbonyl (C=O) groups is 1. The summed E-state index contributed by atoms with van der Waals surface area (Å²) in [4.78, 5) is 15.0. The maximum Gasteiger partial charge on any atom is 0.586 e. The molecule has 7 rings (SSSR count). The number of carbonyl (C=O) groups excluding carboxylic acids is 1. The lowest BCUT2D eigenvalue weighted by Gasteiger charge is -2.44. The van der Waals surface area contributed by atoms with Crippen LogP contribution in [0.5, 0.6) is 11.5 Å². The van der Waals surface area contributed by atoms with Gasteiger partial charge in [-0.25, -0.2) is 4.79 Å². The van der Waals surface area contributed by atoms with Crippen molar-refractivity contribution < 1.29 is 27.8 Å². The summed E-state index contributed by atoms with van der Waals surface area (Å²) < 4.78 is 41.6. The molecule has 2 aromatic rings. The molecule has 2 atom stereocenters. The summed E-state index contributed by atoms with van der Waals surface area (Å²) in [6.45, 7) is 3.05. The second-order valence-corrected chi connectivity index (χ2v) is 9.41. The molecule has 1 N–H and O–H groups in total. The number of rotatable bonds is 3. The van der Waals surface area contributed by atoms with Gasteiger partial charge in [0.25, 0.3) is 0 Å². The van der Waals surface area contributed by atoms with Gasteiger partial charge in [0.05, 0.1) is 6.04 Å². The molecule has 1 unspecified atom stereocenters. The highest BCUT2D eigenvalue weighted by atomic mass is 19.3. The Bertz CT molecular complexity index is 1080. The minimum atomic E-state index is -3.63. The quantitative estimate of drug-likeness (QED) is 0.714. The van der Waals surface area contributed by atoms with Crippen LogP contribution in [0, 0.1) is 5.92 Å². The van der Waals surface area contributed by atoms with Crippen LogP contribution < -0.4 is 14.8 Å². The highest BCUT2D eigenvalue weighted by Gasteiger charge is 2.43. The van der Waals surface area contributed by atoms with Crippen LogP contribution in [-0.4, -0.2) is 43.0 Å². The zero-order valence-electron chi connectivity index (χ0n) is 18.2. The van der Waals surface area contributed by atoms with E-state index in [1.54, 1.807) is 12.1 Å². The summed E-state index contributed by atoms with van der Waals surface area (Å²) in [5.74, 6) is 0.543. The number of alkyl carbamates (subject to hydrolysis) is 1. The van der Waals surface area contributed by atoms with Gasteiger partial charge in [-0.15, -0.1) is 8.78 Å². The first-order valence-electron chi connectivity index (χ1n) is 11.7. The Morgan fingerprint density at radius 3 is 2.58 bits per heavy atom. The topological polar surface area (TPSA) is 60.0 Å². The van der Waals surface area contributed by atoms with Gasteiger partial charge in [-0.05, 0) is 85.5 Å². The third kappa shape index (κ3) is 4.01. The van der Waals surface area contributed by atoms with Gasteiger partial charge in [0.2, 0.25) is 0 Å². The summed E-state index contributed by atoms with van der Waals surface area (Å²) in [6.07, 6.45) is 0.936. The number of benzene rings is 2. The van der Waals surface area contributed by atoms with Crippen LogP contribution in [0.1, 0.15) is 42.9 Å². The van der Waals surface area contributed by atoms with Crippen molar-refractivity contribution in [2.75, 3.05) is 19.6 Å². The van der Waals surface area contributed by atoms with E-state index < -0.39 is 6.29 Å². The molecule has 1 aliphatic carbocycles. The van der Waals surface area contributed by atoms with E-state index >= 15 is 0 Å². The number of amides is 1. The van der Waals surface area contributed by atoms with Gasteiger partial charge < -0.3 is 19.5 Å². The first-order chi connectivity index (χ1) is 15.9. The minimum Gasteiger partial charge on any atom is -0.445 e. The minimum absolute atomic E-state index is 0.0173. The maximum absolute atomic E-state index is 13.3. The molecule has 2 bridgehead atoms. The van der Waals surface area contributed by atoms with E-state index in [0.29, 0.717) is 5.92 Å². The predicted molar refractivity (Wildman–Crippen MR) is 116 cm³/mol. The van der Waals surface area contributed by atoms with E-state index in [-0.39, 0.29) is 29.7 Å². The molecule has 3 saturated heterocycles. The average molecular weight is 456 g/mol. The summed E-state index contributed by atoms with van der Waals surface area (Å²) in [5, 5.41) is 3.08. The number of aryl methyl sites for hydroxylation is 1. The van der Waals surface area contributed by atoms with Crippen molar-refractivity contribution in [1.82, 2.24) is 10.2 Å². The van der Waals surface area contributed by atoms with E-state index in [1.807, 2.05) is 12.1 Å². The number of nitrogens with zero attached hydrogens (tertiary/aromatic N) is 1. The van der Waals surface area contributed by atoms with Crippen molar-refractivity contribution in [2.24, 2.45) is 5.92 Å². The number of hydrogen-bond donors (Lipinski definition) is 1. The Kier molecular flexibility index (Phi) is 4.94. The third-order valence-corrected chi connectivity index (χ3v) is 7.34. The fraction of sp³-hybridized carbons (Fsp3) is 0.480. The standard InChI is InChI=1S/C25H26F2N2O4/c26-25(27)32-21-7-5-17(13-22(21)33-25)16-4-6-19-18(12-16)2-1-3-20(19)28-24(30)31-23-14-29-10-8-15(23)9-11-29/h4-7,12-13,15,20,23H,1-3,8-11,14H2,(H,28,30)/t20?,23-/m0/s1. The Morgan fingerprint density at radius 2 is 1.79 bits per heavy atom. The van der Waals surface area contributed by atoms with E-state index in [4.69, 9.17) is 4.74 Å². The molecule has 6 nitrogen and oxygen atoms in total. The monoisotopic (exact) mass is 456 g/mol. The number of ether oxygens (including phenoxy) is 3. The van der Waals surface area contributed by atoms with Crippen molar-refractivity contribution in [1.29, 1.82) is 0 Å². The number of alkyl halides is 2. The van der Waals surface area contributed by atoms with Crippen molar-refractivity contribution in [3.63, 3.8) is 0 Å². The van der Waals surface area contributed by atoms with E-state index in [9.17, 15) is 13.6 Å². The van der Waals surface area contributed by atoms with Gasteiger partial charge in [-0.1, -0.05) is 24.3 Å². The molecule has 1 amide bonds. The third-order valence-electron chi connectivity index (χ3n) is 7.34. The lowest BCUT2D eigenvalue weighted by Crippen LogP contribution is -2.52. The first kappa shape index (κ1) is 20.7. The molecule has 4 heterocycles. The van der Waals surface area contributed by atoms with Crippen LogP contribution in [0.3, 0.4) is 0 Å². The molecule has 8 heteroatoms. The van der Waals surface area contributed by atoms with E-state index in [2.05, 4.69) is 25.8 Å². The first-order valence-corrected chi connectivity index (χ1v) is 11.7. The molecule has 0 spiro atoms. The van der Waals surface area contributed by atoms with Gasteiger partial charge in [-0.3, -0.25) is 4.90 Å². The zero-order valence-corrected chi connectivity index (χ0v) is 18.2. The van der Waals surface area contributed by atoms with Crippen LogP contribution >= 0.6 is 0 Å². The largest absolute Gasteiger partial charge is 0.586 e.